The van der Waals surface area contributed by atoms with Gasteiger partial charge >= 0.3 is 0 Å². The number of methoxy groups -OCH3 is 1. The molecule has 3 heteroatoms. The highest BCUT2D eigenvalue weighted by atomic mass is 16.5. The summed E-state index contributed by atoms with van der Waals surface area (Å²) in [5, 5.41) is 22.6. The maximum atomic E-state index is 11.0. The number of aromatic hydroxyl groups is 1. The van der Waals surface area contributed by atoms with Crippen molar-refractivity contribution < 1.29 is 14.9 Å². The maximum absolute atomic E-state index is 11.0. The van der Waals surface area contributed by atoms with E-state index in [1.165, 1.54) is 22.3 Å². The number of phenols is 1. The van der Waals surface area contributed by atoms with E-state index in [0.29, 0.717) is 11.2 Å². The zero-order valence-corrected chi connectivity index (χ0v) is 17.4. The second-order valence-electron chi connectivity index (χ2n) is 9.51. The molecular weight excluding hydrogens is 360 g/mol. The van der Waals surface area contributed by atoms with E-state index in [9.17, 15) is 10.2 Å². The minimum absolute atomic E-state index is 0.0500. The van der Waals surface area contributed by atoms with E-state index in [2.05, 4.69) is 32.0 Å². The average Bonchev–Trinajstić information content (AvgIpc) is 2.99. The van der Waals surface area contributed by atoms with Crippen molar-refractivity contribution in [1.82, 2.24) is 0 Å². The predicted octanol–water partition coefficient (Wildman–Crippen LogP) is 5.91. The first kappa shape index (κ1) is 18.5. The van der Waals surface area contributed by atoms with Crippen LogP contribution in [0.3, 0.4) is 0 Å². The Labute approximate surface area is 172 Å². The van der Waals surface area contributed by atoms with Crippen LogP contribution in [-0.2, 0) is 12.0 Å². The van der Waals surface area contributed by atoms with Crippen LogP contribution in [0, 0.1) is 5.41 Å². The minimum Gasteiger partial charge on any atom is -0.507 e. The van der Waals surface area contributed by atoms with Gasteiger partial charge in [0, 0.05) is 10.8 Å². The van der Waals surface area contributed by atoms with Crippen LogP contribution in [-0.4, -0.2) is 17.3 Å². The van der Waals surface area contributed by atoms with Crippen LogP contribution in [0.1, 0.15) is 56.2 Å². The van der Waals surface area contributed by atoms with Gasteiger partial charge in [-0.15, -0.1) is 0 Å². The first-order valence-corrected chi connectivity index (χ1v) is 10.5. The molecule has 1 spiro atoms. The summed E-state index contributed by atoms with van der Waals surface area (Å²) in [6.45, 7) is 4.75. The van der Waals surface area contributed by atoms with Crippen molar-refractivity contribution in [3.05, 3.63) is 59.2 Å². The normalized spacial score (nSPS) is 18.6. The lowest BCUT2D eigenvalue weighted by molar-refractivity contribution is 0.187. The summed E-state index contributed by atoms with van der Waals surface area (Å²) in [4.78, 5) is 0. The van der Waals surface area contributed by atoms with Gasteiger partial charge in [-0.3, -0.25) is 0 Å². The van der Waals surface area contributed by atoms with Crippen molar-refractivity contribution in [3.63, 3.8) is 0 Å². The average molecular weight is 389 g/mol. The molecule has 1 saturated carbocycles. The van der Waals surface area contributed by atoms with Gasteiger partial charge in [-0.05, 0) is 88.6 Å². The number of phenolic OH excluding ortho intramolecular Hbond substituents is 1. The third-order valence-electron chi connectivity index (χ3n) is 7.35. The van der Waals surface area contributed by atoms with Crippen molar-refractivity contribution in [1.29, 1.82) is 0 Å². The molecule has 0 radical (unpaired) electrons. The van der Waals surface area contributed by atoms with Crippen LogP contribution in [0.5, 0.6) is 11.5 Å². The largest absolute Gasteiger partial charge is 0.507 e. The number of aliphatic hydroxyl groups excluding tert-OH is 1. The third-order valence-corrected chi connectivity index (χ3v) is 7.35. The fraction of sp³-hybridized carbons (Fsp3) is 0.385. The summed E-state index contributed by atoms with van der Waals surface area (Å²) in [6.07, 6.45) is 4.43. The van der Waals surface area contributed by atoms with Crippen molar-refractivity contribution in [2.75, 3.05) is 7.11 Å². The highest BCUT2D eigenvalue weighted by Gasteiger charge is 2.47. The fourth-order valence-electron chi connectivity index (χ4n) is 5.52. The number of aliphatic hydroxyl groups is 1. The standard InChI is InChI=1S/C26H28O3/c1-25(2)8-10-26(11-9-25)21-12-16(15-27)4-6-19(21)24-18-7-5-17(29-3)13-20(18)23(28)14-22(24)26/h4-7,12-14,27-28H,8-11,15H2,1-3H3. The number of benzene rings is 3. The lowest BCUT2D eigenvalue weighted by Gasteiger charge is -2.43. The Balaban J connectivity index is 1.83. The number of fused-ring (bicyclic) bond motifs is 7. The van der Waals surface area contributed by atoms with Gasteiger partial charge in [0.1, 0.15) is 11.5 Å². The van der Waals surface area contributed by atoms with E-state index in [1.807, 2.05) is 24.3 Å². The number of rotatable bonds is 2. The monoisotopic (exact) mass is 388 g/mol. The predicted molar refractivity (Wildman–Crippen MR) is 117 cm³/mol. The van der Waals surface area contributed by atoms with Gasteiger partial charge in [-0.2, -0.15) is 0 Å². The molecule has 3 aromatic rings. The highest BCUT2D eigenvalue weighted by molar-refractivity contribution is 6.05. The van der Waals surface area contributed by atoms with Gasteiger partial charge in [-0.25, -0.2) is 0 Å². The van der Waals surface area contributed by atoms with E-state index < -0.39 is 0 Å². The zero-order valence-electron chi connectivity index (χ0n) is 17.4. The molecular formula is C26H28O3. The SMILES string of the molecule is COc1ccc2c3c(cc(O)c2c1)C1(CCC(C)(C)CC1)c1cc(CO)ccc1-3. The van der Waals surface area contributed by atoms with Crippen LogP contribution < -0.4 is 4.74 Å². The van der Waals surface area contributed by atoms with Crippen LogP contribution >= 0.6 is 0 Å². The van der Waals surface area contributed by atoms with Crippen LogP contribution in [0.4, 0.5) is 0 Å². The van der Waals surface area contributed by atoms with Crippen LogP contribution in [0.15, 0.2) is 42.5 Å². The lowest BCUT2D eigenvalue weighted by atomic mass is 9.61. The molecule has 0 aromatic heterocycles. The second-order valence-corrected chi connectivity index (χ2v) is 9.51. The van der Waals surface area contributed by atoms with Crippen LogP contribution in [0.25, 0.3) is 21.9 Å². The molecule has 2 N–H and O–H groups in total. The number of hydrogen-bond donors (Lipinski definition) is 2. The third kappa shape index (κ3) is 2.60. The molecule has 29 heavy (non-hydrogen) atoms. The van der Waals surface area contributed by atoms with Gasteiger partial charge in [-0.1, -0.05) is 32.0 Å². The Morgan fingerprint density at radius 2 is 1.66 bits per heavy atom. The lowest BCUT2D eigenvalue weighted by Crippen LogP contribution is -2.34. The minimum atomic E-state index is -0.0863. The molecule has 1 fully saturated rings. The molecule has 3 aromatic carbocycles. The zero-order chi connectivity index (χ0) is 20.4. The molecule has 0 atom stereocenters. The molecule has 3 nitrogen and oxygen atoms in total. The molecule has 0 saturated heterocycles. The van der Waals surface area contributed by atoms with Gasteiger partial charge in [0.05, 0.1) is 13.7 Å². The summed E-state index contributed by atoms with van der Waals surface area (Å²) >= 11 is 0. The Hall–Kier alpha value is -2.52. The quantitative estimate of drug-likeness (QED) is 0.573. The first-order valence-electron chi connectivity index (χ1n) is 10.5. The molecule has 2 aliphatic rings. The van der Waals surface area contributed by atoms with E-state index in [0.717, 1.165) is 47.8 Å². The Bertz CT molecular complexity index is 1120. The summed E-state index contributed by atoms with van der Waals surface area (Å²) < 4.78 is 5.39. The molecule has 0 bridgehead atoms. The topological polar surface area (TPSA) is 49.7 Å². The smallest absolute Gasteiger partial charge is 0.123 e. The van der Waals surface area contributed by atoms with E-state index in [1.54, 1.807) is 7.11 Å². The number of ether oxygens (including phenoxy) is 1. The number of hydrogen-bond acceptors (Lipinski definition) is 3. The van der Waals surface area contributed by atoms with E-state index >= 15 is 0 Å². The molecule has 0 amide bonds. The van der Waals surface area contributed by atoms with Gasteiger partial charge < -0.3 is 14.9 Å². The molecule has 0 aliphatic heterocycles. The molecule has 150 valence electrons. The van der Waals surface area contributed by atoms with Crippen molar-refractivity contribution >= 4 is 10.8 Å². The summed E-state index contributed by atoms with van der Waals surface area (Å²) in [7, 11) is 1.65. The van der Waals surface area contributed by atoms with Gasteiger partial charge in [0.15, 0.2) is 0 Å². The van der Waals surface area contributed by atoms with Gasteiger partial charge in [0.25, 0.3) is 0 Å². The Morgan fingerprint density at radius 1 is 0.897 bits per heavy atom. The molecule has 5 rings (SSSR count). The Morgan fingerprint density at radius 3 is 2.34 bits per heavy atom. The first-order chi connectivity index (χ1) is 13.9. The summed E-state index contributed by atoms with van der Waals surface area (Å²) in [6, 6.07) is 14.3. The van der Waals surface area contributed by atoms with E-state index in [4.69, 9.17) is 4.74 Å². The Kier molecular flexibility index (Phi) is 3.98. The summed E-state index contributed by atoms with van der Waals surface area (Å²) in [5.41, 5.74) is 6.25. The molecule has 2 aliphatic carbocycles. The summed E-state index contributed by atoms with van der Waals surface area (Å²) in [5.74, 6) is 1.06. The molecule has 0 unspecified atom stereocenters. The highest BCUT2D eigenvalue weighted by Crippen LogP contribution is 2.60. The fourth-order valence-corrected chi connectivity index (χ4v) is 5.52. The van der Waals surface area contributed by atoms with Crippen molar-refractivity contribution in [2.24, 2.45) is 5.41 Å². The van der Waals surface area contributed by atoms with Crippen molar-refractivity contribution in [3.8, 4) is 22.6 Å². The van der Waals surface area contributed by atoms with Crippen molar-refractivity contribution in [2.45, 2.75) is 51.6 Å². The van der Waals surface area contributed by atoms with Crippen LogP contribution in [0.2, 0.25) is 0 Å². The van der Waals surface area contributed by atoms with E-state index in [-0.39, 0.29) is 12.0 Å². The maximum Gasteiger partial charge on any atom is 0.123 e. The van der Waals surface area contributed by atoms with Gasteiger partial charge in [0.2, 0.25) is 0 Å². The molecule has 0 heterocycles. The second kappa shape index (κ2) is 6.24.